The molecule has 0 unspecified atom stereocenters. The van der Waals surface area contributed by atoms with E-state index >= 15 is 0 Å². The lowest BCUT2D eigenvalue weighted by molar-refractivity contribution is 0.478. The number of benzene rings is 3. The predicted octanol–water partition coefficient (Wildman–Crippen LogP) is 8.45. The van der Waals surface area contributed by atoms with Crippen molar-refractivity contribution in [2.24, 2.45) is 0 Å². The van der Waals surface area contributed by atoms with Crippen LogP contribution in [0.4, 0.5) is 0 Å². The lowest BCUT2D eigenvalue weighted by Gasteiger charge is -2.22. The molecule has 1 aromatic heterocycles. The van der Waals surface area contributed by atoms with Gasteiger partial charge in [0.05, 0.1) is 21.3 Å². The SMILES string of the molecule is CC(C)(C)c1cc(-c2ccccc2)c(O)c(-c2nc(-c3c(Cl)cccc3Cl)cs2)c1. The predicted molar refractivity (Wildman–Crippen MR) is 129 cm³/mol. The summed E-state index contributed by atoms with van der Waals surface area (Å²) < 4.78 is 0. The highest BCUT2D eigenvalue weighted by Crippen LogP contribution is 2.44. The van der Waals surface area contributed by atoms with Gasteiger partial charge in [0.2, 0.25) is 0 Å². The number of aromatic nitrogens is 1. The maximum absolute atomic E-state index is 11.2. The first-order chi connectivity index (χ1) is 14.3. The van der Waals surface area contributed by atoms with Crippen LogP contribution in [-0.2, 0) is 5.41 Å². The van der Waals surface area contributed by atoms with Crippen molar-refractivity contribution in [3.63, 3.8) is 0 Å². The zero-order valence-corrected chi connectivity index (χ0v) is 19.2. The molecule has 1 heterocycles. The lowest BCUT2D eigenvalue weighted by atomic mass is 9.83. The fourth-order valence-corrected chi connectivity index (χ4v) is 4.74. The molecule has 4 aromatic rings. The van der Waals surface area contributed by atoms with E-state index < -0.39 is 0 Å². The molecule has 0 aliphatic carbocycles. The summed E-state index contributed by atoms with van der Waals surface area (Å²) in [7, 11) is 0. The van der Waals surface area contributed by atoms with Gasteiger partial charge in [-0.05, 0) is 40.8 Å². The zero-order chi connectivity index (χ0) is 21.5. The Morgan fingerprint density at radius 3 is 2.13 bits per heavy atom. The Morgan fingerprint density at radius 1 is 0.867 bits per heavy atom. The summed E-state index contributed by atoms with van der Waals surface area (Å²) in [6.07, 6.45) is 0. The molecule has 5 heteroatoms. The number of phenolic OH excluding ortho intramolecular Hbond substituents is 1. The van der Waals surface area contributed by atoms with E-state index in [2.05, 4.69) is 26.8 Å². The second-order valence-corrected chi connectivity index (χ2v) is 9.84. The highest BCUT2D eigenvalue weighted by atomic mass is 35.5. The van der Waals surface area contributed by atoms with Crippen molar-refractivity contribution in [3.8, 4) is 38.7 Å². The van der Waals surface area contributed by atoms with Gasteiger partial charge in [0.25, 0.3) is 0 Å². The highest BCUT2D eigenvalue weighted by Gasteiger charge is 2.22. The number of halogens is 2. The summed E-state index contributed by atoms with van der Waals surface area (Å²) >= 11 is 14.2. The van der Waals surface area contributed by atoms with Crippen LogP contribution < -0.4 is 0 Å². The van der Waals surface area contributed by atoms with E-state index in [1.54, 1.807) is 12.1 Å². The van der Waals surface area contributed by atoms with E-state index in [-0.39, 0.29) is 11.2 Å². The normalized spacial score (nSPS) is 11.6. The smallest absolute Gasteiger partial charge is 0.133 e. The van der Waals surface area contributed by atoms with Crippen LogP contribution in [0, 0.1) is 0 Å². The first-order valence-corrected chi connectivity index (χ1v) is 11.2. The Balaban J connectivity index is 1.90. The van der Waals surface area contributed by atoms with Gasteiger partial charge in [-0.25, -0.2) is 4.98 Å². The molecule has 1 N–H and O–H groups in total. The van der Waals surface area contributed by atoms with E-state index in [1.807, 2.05) is 47.8 Å². The van der Waals surface area contributed by atoms with Gasteiger partial charge in [-0.3, -0.25) is 0 Å². The van der Waals surface area contributed by atoms with E-state index in [9.17, 15) is 5.11 Å². The maximum atomic E-state index is 11.2. The van der Waals surface area contributed by atoms with Gasteiger partial charge in [-0.2, -0.15) is 0 Å². The second kappa shape index (κ2) is 8.07. The molecule has 0 fully saturated rings. The van der Waals surface area contributed by atoms with Crippen LogP contribution in [0.15, 0.2) is 66.0 Å². The molecule has 0 spiro atoms. The van der Waals surface area contributed by atoms with Crippen molar-refractivity contribution in [1.82, 2.24) is 4.98 Å². The first kappa shape index (κ1) is 20.9. The standard InChI is InChI=1S/C25H21Cl2NOS/c1-25(2,3)16-12-17(15-8-5-4-6-9-15)23(29)18(13-16)24-28-21(14-30-24)22-19(26)10-7-11-20(22)27/h4-14,29H,1-3H3. The fourth-order valence-electron chi connectivity index (χ4n) is 3.32. The van der Waals surface area contributed by atoms with Crippen molar-refractivity contribution in [2.45, 2.75) is 26.2 Å². The Kier molecular flexibility index (Phi) is 5.63. The maximum Gasteiger partial charge on any atom is 0.133 e. The largest absolute Gasteiger partial charge is 0.507 e. The van der Waals surface area contributed by atoms with E-state index in [0.29, 0.717) is 26.9 Å². The molecule has 4 rings (SSSR count). The topological polar surface area (TPSA) is 33.1 Å². The molecule has 152 valence electrons. The van der Waals surface area contributed by atoms with Crippen molar-refractivity contribution in [3.05, 3.63) is 81.7 Å². The molecule has 0 saturated heterocycles. The third kappa shape index (κ3) is 3.98. The monoisotopic (exact) mass is 453 g/mol. The van der Waals surface area contributed by atoms with Gasteiger partial charge < -0.3 is 5.11 Å². The summed E-state index contributed by atoms with van der Waals surface area (Å²) in [4.78, 5) is 4.78. The quantitative estimate of drug-likeness (QED) is 0.337. The average Bonchev–Trinajstić information content (AvgIpc) is 3.17. The summed E-state index contributed by atoms with van der Waals surface area (Å²) in [5.41, 5.74) is 4.92. The van der Waals surface area contributed by atoms with Crippen molar-refractivity contribution in [1.29, 1.82) is 0 Å². The first-order valence-electron chi connectivity index (χ1n) is 9.59. The van der Waals surface area contributed by atoms with Crippen molar-refractivity contribution < 1.29 is 5.11 Å². The number of aromatic hydroxyl groups is 1. The Morgan fingerprint density at radius 2 is 1.50 bits per heavy atom. The number of phenols is 1. The molecule has 0 radical (unpaired) electrons. The van der Waals surface area contributed by atoms with Gasteiger partial charge in [0, 0.05) is 16.5 Å². The van der Waals surface area contributed by atoms with Crippen LogP contribution in [0.25, 0.3) is 33.0 Å². The number of rotatable bonds is 3. The second-order valence-electron chi connectivity index (χ2n) is 8.17. The number of hydrogen-bond acceptors (Lipinski definition) is 3. The summed E-state index contributed by atoms with van der Waals surface area (Å²) in [5, 5.41) is 14.9. The molecular formula is C25H21Cl2NOS. The molecule has 0 aliphatic rings. The average molecular weight is 454 g/mol. The molecule has 3 aromatic carbocycles. The fraction of sp³-hybridized carbons (Fsp3) is 0.160. The molecule has 0 amide bonds. The molecule has 0 atom stereocenters. The molecule has 2 nitrogen and oxygen atoms in total. The number of thiazole rings is 1. The van der Waals surface area contributed by atoms with Crippen LogP contribution in [-0.4, -0.2) is 10.1 Å². The van der Waals surface area contributed by atoms with E-state index in [1.165, 1.54) is 11.3 Å². The van der Waals surface area contributed by atoms with Crippen molar-refractivity contribution >= 4 is 34.5 Å². The molecule has 0 saturated carbocycles. The van der Waals surface area contributed by atoms with E-state index in [0.717, 1.165) is 21.7 Å². The Bertz CT molecular complexity index is 1190. The molecule has 30 heavy (non-hydrogen) atoms. The molecule has 0 bridgehead atoms. The van der Waals surface area contributed by atoms with Crippen molar-refractivity contribution in [2.75, 3.05) is 0 Å². The number of hydrogen-bond donors (Lipinski definition) is 1. The number of nitrogens with zero attached hydrogens (tertiary/aromatic N) is 1. The van der Waals surface area contributed by atoms with Crippen LogP contribution in [0.2, 0.25) is 10.0 Å². The zero-order valence-electron chi connectivity index (χ0n) is 16.9. The molecule has 0 aliphatic heterocycles. The summed E-state index contributed by atoms with van der Waals surface area (Å²) in [5.74, 6) is 0.223. The third-order valence-electron chi connectivity index (χ3n) is 5.01. The summed E-state index contributed by atoms with van der Waals surface area (Å²) in [6, 6.07) is 19.4. The van der Waals surface area contributed by atoms with Gasteiger partial charge in [-0.1, -0.05) is 80.4 Å². The van der Waals surface area contributed by atoms with Crippen LogP contribution >= 0.6 is 34.5 Å². The van der Waals surface area contributed by atoms with Gasteiger partial charge in [0.15, 0.2) is 0 Å². The minimum absolute atomic E-state index is 0.0852. The lowest BCUT2D eigenvalue weighted by Crippen LogP contribution is -2.11. The minimum Gasteiger partial charge on any atom is -0.507 e. The minimum atomic E-state index is -0.0852. The van der Waals surface area contributed by atoms with E-state index in [4.69, 9.17) is 28.2 Å². The third-order valence-corrected chi connectivity index (χ3v) is 6.52. The highest BCUT2D eigenvalue weighted by molar-refractivity contribution is 7.13. The van der Waals surface area contributed by atoms with Crippen LogP contribution in [0.3, 0.4) is 0 Å². The van der Waals surface area contributed by atoms with Gasteiger partial charge >= 0.3 is 0 Å². The van der Waals surface area contributed by atoms with Gasteiger partial charge in [0.1, 0.15) is 10.8 Å². The summed E-state index contributed by atoms with van der Waals surface area (Å²) in [6.45, 7) is 6.48. The van der Waals surface area contributed by atoms with Gasteiger partial charge in [-0.15, -0.1) is 11.3 Å². The molecular weight excluding hydrogens is 433 g/mol. The van der Waals surface area contributed by atoms with Crippen LogP contribution in [0.5, 0.6) is 5.75 Å². The Hall–Kier alpha value is -2.33. The Labute approximate surface area is 190 Å². The van der Waals surface area contributed by atoms with Crippen LogP contribution in [0.1, 0.15) is 26.3 Å².